The number of hydrogen-bond donors (Lipinski definition) is 0. The number of rotatable bonds is 7. The van der Waals surface area contributed by atoms with E-state index in [0.717, 1.165) is 37.9 Å². The fourth-order valence-electron chi connectivity index (χ4n) is 1.75. The molecular formula is C14H19F2NO2. The number of carbonyl (C=O) groups is 1. The number of carbonyl (C=O) groups excluding carboxylic acids is 1. The zero-order valence-electron chi connectivity index (χ0n) is 11.3. The van der Waals surface area contributed by atoms with Crippen LogP contribution in [0.3, 0.4) is 0 Å². The Hall–Kier alpha value is -1.52. The van der Waals surface area contributed by atoms with E-state index in [0.29, 0.717) is 0 Å². The first-order valence-electron chi connectivity index (χ1n) is 6.57. The molecule has 0 fully saturated rings. The number of pyridine rings is 1. The molecule has 1 unspecified atom stereocenters. The molecule has 0 aliphatic carbocycles. The van der Waals surface area contributed by atoms with Gasteiger partial charge in [-0.15, -0.1) is 0 Å². The van der Waals surface area contributed by atoms with E-state index in [4.69, 9.17) is 4.74 Å². The highest BCUT2D eigenvalue weighted by Crippen LogP contribution is 2.15. The molecule has 1 rings (SSSR count). The van der Waals surface area contributed by atoms with Crippen LogP contribution in [-0.2, 0) is 4.74 Å². The number of ether oxygens (including phenoxy) is 1. The predicted octanol–water partition coefficient (Wildman–Crippen LogP) is 3.73. The molecule has 1 aromatic rings. The molecule has 1 heterocycles. The van der Waals surface area contributed by atoms with Gasteiger partial charge in [0.25, 0.3) is 0 Å². The normalized spacial score (nSPS) is 12.2. The maximum Gasteiger partial charge on any atom is 0.341 e. The van der Waals surface area contributed by atoms with Crippen molar-refractivity contribution in [1.29, 1.82) is 0 Å². The highest BCUT2D eigenvalue weighted by molar-refractivity contribution is 5.89. The summed E-state index contributed by atoms with van der Waals surface area (Å²) in [5, 5.41) is 0. The van der Waals surface area contributed by atoms with Crippen molar-refractivity contribution in [3.05, 3.63) is 29.6 Å². The van der Waals surface area contributed by atoms with Crippen molar-refractivity contribution in [2.75, 3.05) is 6.61 Å². The van der Waals surface area contributed by atoms with E-state index in [1.54, 1.807) is 0 Å². The molecule has 0 spiro atoms. The van der Waals surface area contributed by atoms with E-state index in [-0.39, 0.29) is 12.5 Å². The molecule has 1 atom stereocenters. The van der Waals surface area contributed by atoms with Crippen LogP contribution in [0.2, 0.25) is 0 Å². The summed E-state index contributed by atoms with van der Waals surface area (Å²) >= 11 is 0. The fourth-order valence-corrected chi connectivity index (χ4v) is 1.75. The monoisotopic (exact) mass is 271 g/mol. The van der Waals surface area contributed by atoms with E-state index in [2.05, 4.69) is 11.9 Å². The van der Waals surface area contributed by atoms with Crippen LogP contribution in [-0.4, -0.2) is 17.6 Å². The second-order valence-electron chi connectivity index (χ2n) is 4.48. The van der Waals surface area contributed by atoms with E-state index in [9.17, 15) is 13.6 Å². The smallest absolute Gasteiger partial charge is 0.341 e. The SMILES string of the molecule is CCCCC(CC)COC(=O)c1ccnc(F)c1F. The Morgan fingerprint density at radius 1 is 1.42 bits per heavy atom. The van der Waals surface area contributed by atoms with Gasteiger partial charge in [-0.1, -0.05) is 33.1 Å². The largest absolute Gasteiger partial charge is 0.462 e. The quantitative estimate of drug-likeness (QED) is 0.560. The van der Waals surface area contributed by atoms with Crippen LogP contribution in [0.4, 0.5) is 8.78 Å². The van der Waals surface area contributed by atoms with E-state index in [1.165, 1.54) is 0 Å². The van der Waals surface area contributed by atoms with E-state index < -0.39 is 23.3 Å². The Kier molecular flexibility index (Phi) is 6.39. The average Bonchev–Trinajstić information content (AvgIpc) is 2.42. The summed E-state index contributed by atoms with van der Waals surface area (Å²) in [7, 11) is 0. The topological polar surface area (TPSA) is 39.2 Å². The molecule has 0 radical (unpaired) electrons. The molecule has 3 nitrogen and oxygen atoms in total. The van der Waals surface area contributed by atoms with Crippen molar-refractivity contribution in [1.82, 2.24) is 4.98 Å². The number of unbranched alkanes of at least 4 members (excludes halogenated alkanes) is 1. The van der Waals surface area contributed by atoms with Crippen molar-refractivity contribution in [3.8, 4) is 0 Å². The lowest BCUT2D eigenvalue weighted by molar-refractivity contribution is 0.0421. The highest BCUT2D eigenvalue weighted by Gasteiger charge is 2.18. The number of aromatic nitrogens is 1. The van der Waals surface area contributed by atoms with Crippen LogP contribution in [0.5, 0.6) is 0 Å². The number of halogens is 2. The minimum Gasteiger partial charge on any atom is -0.462 e. The van der Waals surface area contributed by atoms with Crippen LogP contribution in [0.15, 0.2) is 12.3 Å². The summed E-state index contributed by atoms with van der Waals surface area (Å²) in [6, 6.07) is 1.12. The molecule has 0 N–H and O–H groups in total. The van der Waals surface area contributed by atoms with Crippen LogP contribution in [0.1, 0.15) is 49.9 Å². The Balaban J connectivity index is 2.57. The summed E-state index contributed by atoms with van der Waals surface area (Å²) in [5.74, 6) is -3.12. The molecule has 0 aromatic carbocycles. The van der Waals surface area contributed by atoms with Gasteiger partial charge < -0.3 is 4.74 Å². The maximum atomic E-state index is 13.3. The second kappa shape index (κ2) is 7.81. The van der Waals surface area contributed by atoms with Gasteiger partial charge in [0, 0.05) is 6.20 Å². The van der Waals surface area contributed by atoms with Gasteiger partial charge >= 0.3 is 5.97 Å². The van der Waals surface area contributed by atoms with Gasteiger partial charge in [-0.25, -0.2) is 14.2 Å². The van der Waals surface area contributed by atoms with Crippen molar-refractivity contribution in [2.24, 2.45) is 5.92 Å². The first kappa shape index (κ1) is 15.5. The standard InChI is InChI=1S/C14H19F2NO2/c1-3-5-6-10(4-2)9-19-14(18)11-7-8-17-13(16)12(11)15/h7-8,10H,3-6,9H2,1-2H3. The molecule has 0 saturated heterocycles. The summed E-state index contributed by atoms with van der Waals surface area (Å²) in [6.07, 6.45) is 5.04. The van der Waals surface area contributed by atoms with Crippen molar-refractivity contribution >= 4 is 5.97 Å². The molecule has 0 aliphatic rings. The zero-order chi connectivity index (χ0) is 14.3. The minimum atomic E-state index is -1.28. The zero-order valence-corrected chi connectivity index (χ0v) is 11.3. The molecule has 0 bridgehead atoms. The van der Waals surface area contributed by atoms with Gasteiger partial charge in [-0.2, -0.15) is 4.39 Å². The summed E-state index contributed by atoms with van der Waals surface area (Å²) in [5.41, 5.74) is -0.405. The van der Waals surface area contributed by atoms with Gasteiger partial charge in [0.2, 0.25) is 5.95 Å². The van der Waals surface area contributed by atoms with Crippen LogP contribution < -0.4 is 0 Å². The molecule has 0 saturated carbocycles. The third-order valence-electron chi connectivity index (χ3n) is 3.06. The third-order valence-corrected chi connectivity index (χ3v) is 3.06. The van der Waals surface area contributed by atoms with Crippen LogP contribution >= 0.6 is 0 Å². The molecular weight excluding hydrogens is 252 g/mol. The molecule has 0 aliphatic heterocycles. The predicted molar refractivity (Wildman–Crippen MR) is 67.7 cm³/mol. The lowest BCUT2D eigenvalue weighted by atomic mass is 10.0. The first-order valence-corrected chi connectivity index (χ1v) is 6.57. The second-order valence-corrected chi connectivity index (χ2v) is 4.48. The molecule has 1 aromatic heterocycles. The minimum absolute atomic E-state index is 0.235. The van der Waals surface area contributed by atoms with Gasteiger partial charge in [-0.3, -0.25) is 0 Å². The Bertz CT molecular complexity index is 424. The number of esters is 1. The lowest BCUT2D eigenvalue weighted by Crippen LogP contribution is -2.15. The Morgan fingerprint density at radius 2 is 2.16 bits per heavy atom. The van der Waals surface area contributed by atoms with E-state index >= 15 is 0 Å². The third kappa shape index (κ3) is 4.58. The van der Waals surface area contributed by atoms with Crippen molar-refractivity contribution in [3.63, 3.8) is 0 Å². The van der Waals surface area contributed by atoms with Gasteiger partial charge in [0.15, 0.2) is 5.82 Å². The maximum absolute atomic E-state index is 13.3. The summed E-state index contributed by atoms with van der Waals surface area (Å²) in [6.45, 7) is 4.34. The highest BCUT2D eigenvalue weighted by atomic mass is 19.2. The van der Waals surface area contributed by atoms with Gasteiger partial charge in [-0.05, 0) is 18.4 Å². The van der Waals surface area contributed by atoms with Gasteiger partial charge in [0.1, 0.15) is 5.56 Å². The number of hydrogen-bond acceptors (Lipinski definition) is 3. The van der Waals surface area contributed by atoms with Crippen LogP contribution in [0, 0.1) is 17.7 Å². The Morgan fingerprint density at radius 3 is 2.79 bits per heavy atom. The van der Waals surface area contributed by atoms with Gasteiger partial charge in [0.05, 0.1) is 6.61 Å². The first-order chi connectivity index (χ1) is 9.10. The fraction of sp³-hybridized carbons (Fsp3) is 0.571. The molecule has 5 heteroatoms. The van der Waals surface area contributed by atoms with E-state index in [1.807, 2.05) is 6.92 Å². The van der Waals surface area contributed by atoms with Crippen molar-refractivity contribution < 1.29 is 18.3 Å². The van der Waals surface area contributed by atoms with Crippen molar-refractivity contribution in [2.45, 2.75) is 39.5 Å². The summed E-state index contributed by atoms with van der Waals surface area (Å²) in [4.78, 5) is 14.8. The Labute approximate surface area is 112 Å². The average molecular weight is 271 g/mol. The molecule has 106 valence electrons. The lowest BCUT2D eigenvalue weighted by Gasteiger charge is -2.14. The summed E-state index contributed by atoms with van der Waals surface area (Å²) < 4.78 is 31.2. The van der Waals surface area contributed by atoms with Crippen LogP contribution in [0.25, 0.3) is 0 Å². The molecule has 0 amide bonds. The molecule has 19 heavy (non-hydrogen) atoms. The number of nitrogens with zero attached hydrogens (tertiary/aromatic N) is 1.